The molecule has 2 aliphatic rings. The van der Waals surface area contributed by atoms with Crippen LogP contribution >= 0.6 is 0 Å². The second kappa shape index (κ2) is 6.87. The van der Waals surface area contributed by atoms with Crippen molar-refractivity contribution in [1.82, 2.24) is 5.32 Å². The lowest BCUT2D eigenvalue weighted by Crippen LogP contribution is -2.60. The highest BCUT2D eigenvalue weighted by Crippen LogP contribution is 2.31. The Morgan fingerprint density at radius 2 is 2.30 bits per heavy atom. The summed E-state index contributed by atoms with van der Waals surface area (Å²) in [5.74, 6) is 0.265. The third-order valence-electron chi connectivity index (χ3n) is 4.33. The minimum atomic E-state index is -0.594. The second-order valence-corrected chi connectivity index (χ2v) is 6.53. The summed E-state index contributed by atoms with van der Waals surface area (Å²) < 4.78 is 11.4. The van der Waals surface area contributed by atoms with Crippen LogP contribution in [0, 0.1) is 5.92 Å². The first-order valence-corrected chi connectivity index (χ1v) is 7.79. The van der Waals surface area contributed by atoms with Gasteiger partial charge in [0.25, 0.3) is 0 Å². The van der Waals surface area contributed by atoms with Gasteiger partial charge in [-0.3, -0.25) is 4.79 Å². The summed E-state index contributed by atoms with van der Waals surface area (Å²) in [4.78, 5) is 11.9. The SMILES string of the molecule is CC(C)NC1(C(N)=O)CCCC(OCC2CCOC2)C1. The fourth-order valence-corrected chi connectivity index (χ4v) is 3.33. The lowest BCUT2D eigenvalue weighted by Gasteiger charge is -2.40. The Balaban J connectivity index is 1.89. The third kappa shape index (κ3) is 3.93. The minimum absolute atomic E-state index is 0.128. The van der Waals surface area contributed by atoms with Crippen LogP contribution < -0.4 is 11.1 Å². The normalized spacial score (nSPS) is 34.5. The van der Waals surface area contributed by atoms with Gasteiger partial charge in [-0.15, -0.1) is 0 Å². The van der Waals surface area contributed by atoms with Gasteiger partial charge >= 0.3 is 0 Å². The van der Waals surface area contributed by atoms with E-state index in [0.29, 0.717) is 12.3 Å². The van der Waals surface area contributed by atoms with Crippen LogP contribution in [0.5, 0.6) is 0 Å². The molecule has 1 aliphatic heterocycles. The average molecular weight is 284 g/mol. The molecule has 20 heavy (non-hydrogen) atoms. The van der Waals surface area contributed by atoms with Gasteiger partial charge in [-0.25, -0.2) is 0 Å². The van der Waals surface area contributed by atoms with Crippen molar-refractivity contribution in [3.8, 4) is 0 Å². The zero-order chi connectivity index (χ0) is 14.6. The maximum Gasteiger partial charge on any atom is 0.237 e. The first-order chi connectivity index (χ1) is 9.52. The zero-order valence-electron chi connectivity index (χ0n) is 12.7. The monoisotopic (exact) mass is 284 g/mol. The third-order valence-corrected chi connectivity index (χ3v) is 4.33. The van der Waals surface area contributed by atoms with Crippen LogP contribution in [0.3, 0.4) is 0 Å². The second-order valence-electron chi connectivity index (χ2n) is 6.53. The van der Waals surface area contributed by atoms with Crippen molar-refractivity contribution in [2.45, 2.75) is 63.6 Å². The highest BCUT2D eigenvalue weighted by molar-refractivity contribution is 5.84. The highest BCUT2D eigenvalue weighted by atomic mass is 16.5. The molecular formula is C15H28N2O3. The molecule has 3 N–H and O–H groups in total. The summed E-state index contributed by atoms with van der Waals surface area (Å²) in [5.41, 5.74) is 5.06. The zero-order valence-corrected chi connectivity index (χ0v) is 12.7. The largest absolute Gasteiger partial charge is 0.381 e. The van der Waals surface area contributed by atoms with Gasteiger partial charge < -0.3 is 20.5 Å². The maximum absolute atomic E-state index is 11.9. The van der Waals surface area contributed by atoms with Crippen molar-refractivity contribution < 1.29 is 14.3 Å². The van der Waals surface area contributed by atoms with Crippen LogP contribution in [-0.2, 0) is 14.3 Å². The van der Waals surface area contributed by atoms with E-state index >= 15 is 0 Å². The van der Waals surface area contributed by atoms with Crippen LogP contribution in [0.15, 0.2) is 0 Å². The van der Waals surface area contributed by atoms with Crippen LogP contribution in [0.25, 0.3) is 0 Å². The minimum Gasteiger partial charge on any atom is -0.381 e. The number of carbonyl (C=O) groups is 1. The number of amides is 1. The van der Waals surface area contributed by atoms with E-state index in [2.05, 4.69) is 5.32 Å². The number of nitrogens with one attached hydrogen (secondary N) is 1. The standard InChI is InChI=1S/C15H28N2O3/c1-11(2)17-15(14(16)18)6-3-4-13(8-15)20-10-12-5-7-19-9-12/h11-13,17H,3-10H2,1-2H3,(H2,16,18). The van der Waals surface area contributed by atoms with Gasteiger partial charge in [0.05, 0.1) is 19.3 Å². The number of hydrogen-bond acceptors (Lipinski definition) is 4. The summed E-state index contributed by atoms with van der Waals surface area (Å²) >= 11 is 0. The fraction of sp³-hybridized carbons (Fsp3) is 0.933. The molecule has 1 saturated heterocycles. The quantitative estimate of drug-likeness (QED) is 0.769. The molecule has 2 rings (SSSR count). The molecule has 3 unspecified atom stereocenters. The van der Waals surface area contributed by atoms with Crippen molar-refractivity contribution in [2.75, 3.05) is 19.8 Å². The van der Waals surface area contributed by atoms with Crippen LogP contribution in [0.1, 0.15) is 46.0 Å². The Morgan fingerprint density at radius 3 is 2.90 bits per heavy atom. The number of hydrogen-bond donors (Lipinski definition) is 2. The van der Waals surface area contributed by atoms with Crippen molar-refractivity contribution in [3.63, 3.8) is 0 Å². The van der Waals surface area contributed by atoms with Crippen molar-refractivity contribution >= 4 is 5.91 Å². The molecule has 0 spiro atoms. The highest BCUT2D eigenvalue weighted by Gasteiger charge is 2.42. The molecule has 1 amide bonds. The molecule has 116 valence electrons. The van der Waals surface area contributed by atoms with E-state index in [-0.39, 0.29) is 18.1 Å². The van der Waals surface area contributed by atoms with Gasteiger partial charge in [0.15, 0.2) is 0 Å². The van der Waals surface area contributed by atoms with Crippen molar-refractivity contribution in [3.05, 3.63) is 0 Å². The number of primary amides is 1. The summed E-state index contributed by atoms with van der Waals surface area (Å²) in [6, 6.07) is 0.240. The Labute approximate surface area is 121 Å². The molecule has 5 heteroatoms. The summed E-state index contributed by atoms with van der Waals surface area (Å²) in [7, 11) is 0. The summed E-state index contributed by atoms with van der Waals surface area (Å²) in [6.45, 7) is 6.48. The predicted octanol–water partition coefficient (Wildman–Crippen LogP) is 1.20. The molecule has 1 saturated carbocycles. The Kier molecular flexibility index (Phi) is 5.41. The molecule has 0 radical (unpaired) electrons. The Bertz CT molecular complexity index is 329. The van der Waals surface area contributed by atoms with E-state index in [1.807, 2.05) is 13.8 Å². The van der Waals surface area contributed by atoms with Gasteiger partial charge in [0.1, 0.15) is 5.54 Å². The molecule has 0 aromatic heterocycles. The topological polar surface area (TPSA) is 73.6 Å². The maximum atomic E-state index is 11.9. The molecule has 1 aliphatic carbocycles. The van der Waals surface area contributed by atoms with E-state index in [1.165, 1.54) is 0 Å². The fourth-order valence-electron chi connectivity index (χ4n) is 3.33. The van der Waals surface area contributed by atoms with Gasteiger partial charge in [0.2, 0.25) is 5.91 Å². The summed E-state index contributed by atoms with van der Waals surface area (Å²) in [6.07, 6.45) is 4.71. The lowest BCUT2D eigenvalue weighted by atomic mass is 9.79. The first-order valence-electron chi connectivity index (χ1n) is 7.79. The van der Waals surface area contributed by atoms with E-state index in [9.17, 15) is 4.79 Å². The van der Waals surface area contributed by atoms with Crippen molar-refractivity contribution in [2.24, 2.45) is 11.7 Å². The molecular weight excluding hydrogens is 256 g/mol. The van der Waals surface area contributed by atoms with Gasteiger partial charge in [-0.1, -0.05) is 0 Å². The molecule has 0 aromatic carbocycles. The Morgan fingerprint density at radius 1 is 1.50 bits per heavy atom. The van der Waals surface area contributed by atoms with Gasteiger partial charge in [-0.05, 0) is 39.5 Å². The molecule has 1 heterocycles. The van der Waals surface area contributed by atoms with Crippen LogP contribution in [0.2, 0.25) is 0 Å². The summed E-state index contributed by atoms with van der Waals surface area (Å²) in [5, 5.41) is 3.37. The smallest absolute Gasteiger partial charge is 0.237 e. The van der Waals surface area contributed by atoms with E-state index in [4.69, 9.17) is 15.2 Å². The molecule has 5 nitrogen and oxygen atoms in total. The van der Waals surface area contributed by atoms with Crippen molar-refractivity contribution in [1.29, 1.82) is 0 Å². The Hall–Kier alpha value is -0.650. The number of rotatable bonds is 6. The van der Waals surface area contributed by atoms with Crippen LogP contribution in [-0.4, -0.2) is 43.4 Å². The van der Waals surface area contributed by atoms with E-state index in [0.717, 1.165) is 45.5 Å². The predicted molar refractivity (Wildman–Crippen MR) is 77.3 cm³/mol. The molecule has 3 atom stereocenters. The van der Waals surface area contributed by atoms with Crippen LogP contribution in [0.4, 0.5) is 0 Å². The molecule has 0 bridgehead atoms. The number of carbonyl (C=O) groups excluding carboxylic acids is 1. The molecule has 2 fully saturated rings. The number of nitrogens with two attached hydrogens (primary N) is 1. The first kappa shape index (κ1) is 15.7. The average Bonchev–Trinajstić information content (AvgIpc) is 2.89. The van der Waals surface area contributed by atoms with E-state index in [1.54, 1.807) is 0 Å². The van der Waals surface area contributed by atoms with E-state index < -0.39 is 5.54 Å². The molecule has 0 aromatic rings. The lowest BCUT2D eigenvalue weighted by molar-refractivity contribution is -0.129. The number of ether oxygens (including phenoxy) is 2. The van der Waals surface area contributed by atoms with Gasteiger partial charge in [-0.2, -0.15) is 0 Å². The van der Waals surface area contributed by atoms with Gasteiger partial charge in [0, 0.05) is 25.0 Å².